The van der Waals surface area contributed by atoms with E-state index in [0.29, 0.717) is 13.2 Å². The van der Waals surface area contributed by atoms with Gasteiger partial charge in [0.05, 0.1) is 0 Å². The van der Waals surface area contributed by atoms with Gasteiger partial charge in [0.15, 0.2) is 0 Å². The van der Waals surface area contributed by atoms with Crippen molar-refractivity contribution in [1.29, 1.82) is 0 Å². The molecule has 0 aliphatic carbocycles. The second-order valence-corrected chi connectivity index (χ2v) is 6.27. The Morgan fingerprint density at radius 3 is 2.43 bits per heavy atom. The van der Waals surface area contributed by atoms with E-state index in [9.17, 15) is 9.59 Å². The molecule has 0 radical (unpaired) electrons. The van der Waals surface area contributed by atoms with Crippen LogP contribution >= 0.6 is 0 Å². The van der Waals surface area contributed by atoms with Crippen molar-refractivity contribution in [3.05, 3.63) is 0 Å². The highest BCUT2D eigenvalue weighted by Gasteiger charge is 2.31. The Bertz CT molecular complexity index is 390. The average molecular weight is 295 g/mol. The maximum atomic E-state index is 12.4. The highest BCUT2D eigenvalue weighted by molar-refractivity contribution is 5.81. The van der Waals surface area contributed by atoms with Gasteiger partial charge in [-0.3, -0.25) is 4.79 Å². The molecule has 3 rings (SSSR count). The molecule has 1 N–H and O–H groups in total. The van der Waals surface area contributed by atoms with Gasteiger partial charge in [-0.05, 0) is 38.5 Å². The molecular weight excluding hydrogens is 270 g/mol. The number of carbonyl (C=O) groups is 2. The van der Waals surface area contributed by atoms with Crippen molar-refractivity contribution < 1.29 is 14.3 Å². The van der Waals surface area contributed by atoms with Crippen molar-refractivity contribution in [2.75, 3.05) is 32.8 Å². The number of nitrogens with zero attached hydrogens (tertiary/aromatic N) is 2. The minimum Gasteiger partial charge on any atom is -0.368 e. The standard InChI is InChI=1S/C15H25N3O3/c19-14(13-6-4-10-21-13)16-12-5-3-9-18(11-12)15(20)17-7-1-2-8-17/h12-13H,1-11H2,(H,16,19). The molecule has 3 aliphatic heterocycles. The van der Waals surface area contributed by atoms with Gasteiger partial charge in [-0.2, -0.15) is 0 Å². The molecule has 3 saturated heterocycles. The summed E-state index contributed by atoms with van der Waals surface area (Å²) in [4.78, 5) is 28.3. The van der Waals surface area contributed by atoms with Crippen LogP contribution in [0.25, 0.3) is 0 Å². The van der Waals surface area contributed by atoms with Crippen molar-refractivity contribution >= 4 is 11.9 Å². The minimum absolute atomic E-state index is 0.00651. The largest absolute Gasteiger partial charge is 0.368 e. The number of hydrogen-bond donors (Lipinski definition) is 1. The summed E-state index contributed by atoms with van der Waals surface area (Å²) >= 11 is 0. The molecule has 3 amide bonds. The van der Waals surface area contributed by atoms with Crippen LogP contribution in [0.15, 0.2) is 0 Å². The summed E-state index contributed by atoms with van der Waals surface area (Å²) in [7, 11) is 0. The summed E-state index contributed by atoms with van der Waals surface area (Å²) in [6, 6.07) is 0.213. The van der Waals surface area contributed by atoms with Gasteiger partial charge in [0.1, 0.15) is 6.10 Å². The lowest BCUT2D eigenvalue weighted by Gasteiger charge is -2.35. The van der Waals surface area contributed by atoms with Gasteiger partial charge < -0.3 is 19.9 Å². The van der Waals surface area contributed by atoms with Crippen molar-refractivity contribution in [3.8, 4) is 0 Å². The molecule has 3 heterocycles. The molecule has 2 atom stereocenters. The van der Waals surface area contributed by atoms with Gasteiger partial charge in [0, 0.05) is 38.8 Å². The Kier molecular flexibility index (Phi) is 4.63. The average Bonchev–Trinajstić information content (AvgIpc) is 3.20. The van der Waals surface area contributed by atoms with E-state index in [4.69, 9.17) is 4.74 Å². The zero-order valence-electron chi connectivity index (χ0n) is 12.6. The van der Waals surface area contributed by atoms with Crippen LogP contribution in [0.1, 0.15) is 38.5 Å². The number of likely N-dealkylation sites (tertiary alicyclic amines) is 2. The number of hydrogen-bond acceptors (Lipinski definition) is 3. The second-order valence-electron chi connectivity index (χ2n) is 6.27. The van der Waals surface area contributed by atoms with E-state index in [-0.39, 0.29) is 24.1 Å². The van der Waals surface area contributed by atoms with E-state index in [1.165, 1.54) is 0 Å². The first kappa shape index (κ1) is 14.6. The first-order valence-corrected chi connectivity index (χ1v) is 8.20. The lowest BCUT2D eigenvalue weighted by molar-refractivity contribution is -0.131. The predicted octanol–water partition coefficient (Wildman–Crippen LogP) is 0.962. The van der Waals surface area contributed by atoms with E-state index >= 15 is 0 Å². The third-order valence-corrected chi connectivity index (χ3v) is 4.64. The third kappa shape index (κ3) is 3.48. The van der Waals surface area contributed by atoms with Crippen LogP contribution in [0.3, 0.4) is 0 Å². The fourth-order valence-electron chi connectivity index (χ4n) is 3.46. The number of piperidine rings is 1. The molecule has 3 fully saturated rings. The maximum absolute atomic E-state index is 12.4. The van der Waals surface area contributed by atoms with Gasteiger partial charge in [0.2, 0.25) is 5.91 Å². The number of nitrogens with one attached hydrogen (secondary N) is 1. The minimum atomic E-state index is -0.283. The molecule has 3 aliphatic rings. The summed E-state index contributed by atoms with van der Waals surface area (Å²) in [5.74, 6) is -0.00651. The number of carbonyl (C=O) groups excluding carboxylic acids is 2. The molecule has 118 valence electrons. The Morgan fingerprint density at radius 2 is 1.71 bits per heavy atom. The monoisotopic (exact) mass is 295 g/mol. The van der Waals surface area contributed by atoms with E-state index in [1.807, 2.05) is 9.80 Å². The first-order valence-electron chi connectivity index (χ1n) is 8.20. The Hall–Kier alpha value is -1.30. The molecule has 0 saturated carbocycles. The molecule has 6 nitrogen and oxygen atoms in total. The number of rotatable bonds is 2. The molecule has 0 bridgehead atoms. The van der Waals surface area contributed by atoms with E-state index in [2.05, 4.69) is 5.32 Å². The Balaban J connectivity index is 1.50. The number of urea groups is 1. The maximum Gasteiger partial charge on any atom is 0.320 e. The fourth-order valence-corrected chi connectivity index (χ4v) is 3.46. The molecule has 0 aromatic rings. The highest BCUT2D eigenvalue weighted by atomic mass is 16.5. The van der Waals surface area contributed by atoms with Crippen LogP contribution in [-0.2, 0) is 9.53 Å². The highest BCUT2D eigenvalue weighted by Crippen LogP contribution is 2.17. The van der Waals surface area contributed by atoms with Crippen molar-refractivity contribution in [1.82, 2.24) is 15.1 Å². The summed E-state index contributed by atoms with van der Waals surface area (Å²) < 4.78 is 5.41. The van der Waals surface area contributed by atoms with E-state index in [0.717, 1.165) is 58.2 Å². The molecule has 2 unspecified atom stereocenters. The summed E-state index contributed by atoms with van der Waals surface area (Å²) in [5, 5.41) is 3.06. The zero-order valence-corrected chi connectivity index (χ0v) is 12.6. The van der Waals surface area contributed by atoms with Crippen molar-refractivity contribution in [3.63, 3.8) is 0 Å². The summed E-state index contributed by atoms with van der Waals surface area (Å²) in [6.45, 7) is 3.88. The number of amides is 3. The van der Waals surface area contributed by atoms with Gasteiger partial charge in [0.25, 0.3) is 0 Å². The van der Waals surface area contributed by atoms with Crippen LogP contribution < -0.4 is 5.32 Å². The lowest BCUT2D eigenvalue weighted by Crippen LogP contribution is -2.54. The molecule has 6 heteroatoms. The lowest BCUT2D eigenvalue weighted by atomic mass is 10.1. The topological polar surface area (TPSA) is 61.9 Å². The van der Waals surface area contributed by atoms with Crippen LogP contribution in [0, 0.1) is 0 Å². The van der Waals surface area contributed by atoms with Crippen molar-refractivity contribution in [2.45, 2.75) is 50.7 Å². The Labute approximate surface area is 125 Å². The van der Waals surface area contributed by atoms with E-state index in [1.54, 1.807) is 0 Å². The fraction of sp³-hybridized carbons (Fsp3) is 0.867. The van der Waals surface area contributed by atoms with Crippen LogP contribution in [0.4, 0.5) is 4.79 Å². The first-order chi connectivity index (χ1) is 10.2. The smallest absolute Gasteiger partial charge is 0.320 e. The van der Waals surface area contributed by atoms with Crippen molar-refractivity contribution in [2.24, 2.45) is 0 Å². The predicted molar refractivity (Wildman–Crippen MR) is 77.9 cm³/mol. The third-order valence-electron chi connectivity index (χ3n) is 4.64. The second kappa shape index (κ2) is 6.64. The molecule has 0 spiro atoms. The summed E-state index contributed by atoms with van der Waals surface area (Å²) in [5.41, 5.74) is 0. The molecule has 0 aromatic carbocycles. The quantitative estimate of drug-likeness (QED) is 0.825. The van der Waals surface area contributed by atoms with Crippen LogP contribution in [-0.4, -0.2) is 66.7 Å². The molecule has 0 aromatic heterocycles. The normalized spacial score (nSPS) is 29.7. The van der Waals surface area contributed by atoms with E-state index < -0.39 is 0 Å². The number of ether oxygens (including phenoxy) is 1. The Morgan fingerprint density at radius 1 is 0.952 bits per heavy atom. The van der Waals surface area contributed by atoms with Gasteiger partial charge >= 0.3 is 6.03 Å². The summed E-state index contributed by atoms with van der Waals surface area (Å²) in [6.07, 6.45) is 5.61. The van der Waals surface area contributed by atoms with Gasteiger partial charge in [-0.1, -0.05) is 0 Å². The molecular formula is C15H25N3O3. The zero-order chi connectivity index (χ0) is 14.7. The molecule has 21 heavy (non-hydrogen) atoms. The van der Waals surface area contributed by atoms with Gasteiger partial charge in [-0.15, -0.1) is 0 Å². The SMILES string of the molecule is O=C(NC1CCCN(C(=O)N2CCCC2)C1)C1CCCO1. The van der Waals surface area contributed by atoms with Crippen LogP contribution in [0.5, 0.6) is 0 Å². The van der Waals surface area contributed by atoms with Crippen LogP contribution in [0.2, 0.25) is 0 Å². The van der Waals surface area contributed by atoms with Gasteiger partial charge in [-0.25, -0.2) is 4.79 Å².